The standard InChI is InChI=1S/C9H7Cl2FO2/c1-14-8-3-5(11)2-6(12)9(8)7(13)4-10/h2-3H,4H2,1H3. The lowest BCUT2D eigenvalue weighted by molar-refractivity contribution is 0.101. The van der Waals surface area contributed by atoms with Gasteiger partial charge in [-0.1, -0.05) is 11.6 Å². The van der Waals surface area contributed by atoms with Crippen LogP contribution < -0.4 is 4.74 Å². The van der Waals surface area contributed by atoms with Gasteiger partial charge in [-0.15, -0.1) is 11.6 Å². The summed E-state index contributed by atoms with van der Waals surface area (Å²) in [5, 5.41) is 0.172. The number of benzene rings is 1. The first-order valence-corrected chi connectivity index (χ1v) is 4.63. The third-order valence-electron chi connectivity index (χ3n) is 1.64. The SMILES string of the molecule is COc1cc(Cl)cc(F)c1C(=O)CCl. The first kappa shape index (κ1) is 11.3. The molecule has 0 aliphatic rings. The highest BCUT2D eigenvalue weighted by Gasteiger charge is 2.17. The molecule has 1 rings (SSSR count). The molecule has 0 N–H and O–H groups in total. The van der Waals surface area contributed by atoms with Crippen LogP contribution in [0.2, 0.25) is 5.02 Å². The minimum absolute atomic E-state index is 0.0978. The van der Waals surface area contributed by atoms with Gasteiger partial charge < -0.3 is 4.74 Å². The largest absolute Gasteiger partial charge is 0.496 e. The van der Waals surface area contributed by atoms with E-state index in [1.54, 1.807) is 0 Å². The summed E-state index contributed by atoms with van der Waals surface area (Å²) in [4.78, 5) is 11.2. The third kappa shape index (κ3) is 2.16. The van der Waals surface area contributed by atoms with Crippen LogP contribution in [0.1, 0.15) is 10.4 Å². The Morgan fingerprint density at radius 2 is 2.21 bits per heavy atom. The van der Waals surface area contributed by atoms with Crippen molar-refractivity contribution < 1.29 is 13.9 Å². The molecule has 0 amide bonds. The van der Waals surface area contributed by atoms with Crippen molar-refractivity contribution in [3.05, 3.63) is 28.5 Å². The number of carbonyl (C=O) groups is 1. The van der Waals surface area contributed by atoms with E-state index in [1.165, 1.54) is 13.2 Å². The molecule has 1 aromatic carbocycles. The lowest BCUT2D eigenvalue weighted by Gasteiger charge is -2.07. The molecule has 0 aromatic heterocycles. The summed E-state index contributed by atoms with van der Waals surface area (Å²) in [6.07, 6.45) is 0. The maximum atomic E-state index is 13.3. The molecule has 76 valence electrons. The van der Waals surface area contributed by atoms with Gasteiger partial charge in [-0.05, 0) is 12.1 Å². The molecule has 0 fully saturated rings. The number of Topliss-reactive ketones (excluding diaryl/α,β-unsaturated/α-hetero) is 1. The van der Waals surface area contributed by atoms with E-state index in [9.17, 15) is 9.18 Å². The van der Waals surface area contributed by atoms with Gasteiger partial charge in [-0.2, -0.15) is 0 Å². The summed E-state index contributed by atoms with van der Waals surface area (Å²) in [6.45, 7) is 0. The Morgan fingerprint density at radius 3 is 2.71 bits per heavy atom. The number of ether oxygens (including phenoxy) is 1. The molecule has 0 aliphatic carbocycles. The maximum Gasteiger partial charge on any atom is 0.184 e. The van der Waals surface area contributed by atoms with Gasteiger partial charge in [0, 0.05) is 5.02 Å². The number of rotatable bonds is 3. The smallest absolute Gasteiger partial charge is 0.184 e. The first-order valence-electron chi connectivity index (χ1n) is 3.72. The Labute approximate surface area is 90.6 Å². The molecular weight excluding hydrogens is 230 g/mol. The Bertz CT molecular complexity index is 366. The van der Waals surface area contributed by atoms with Crippen LogP contribution in [0.15, 0.2) is 12.1 Å². The van der Waals surface area contributed by atoms with Crippen molar-refractivity contribution in [2.45, 2.75) is 0 Å². The lowest BCUT2D eigenvalue weighted by atomic mass is 10.1. The molecule has 0 radical (unpaired) electrons. The number of halogens is 3. The molecule has 0 bridgehead atoms. The maximum absolute atomic E-state index is 13.3. The van der Waals surface area contributed by atoms with Crippen LogP contribution in [0.3, 0.4) is 0 Å². The molecular formula is C9H7Cl2FO2. The summed E-state index contributed by atoms with van der Waals surface area (Å²) in [6, 6.07) is 2.41. The highest BCUT2D eigenvalue weighted by Crippen LogP contribution is 2.26. The number of carbonyl (C=O) groups excluding carboxylic acids is 1. The van der Waals surface area contributed by atoms with Crippen LogP contribution in [0.5, 0.6) is 5.75 Å². The van der Waals surface area contributed by atoms with Gasteiger partial charge >= 0.3 is 0 Å². The molecule has 0 saturated carbocycles. The second-order valence-corrected chi connectivity index (χ2v) is 3.23. The molecule has 0 unspecified atom stereocenters. The third-order valence-corrected chi connectivity index (χ3v) is 2.10. The molecule has 0 atom stereocenters. The van der Waals surface area contributed by atoms with E-state index in [4.69, 9.17) is 27.9 Å². The molecule has 0 spiro atoms. The monoisotopic (exact) mass is 236 g/mol. The van der Waals surface area contributed by atoms with Crippen LogP contribution in [0.25, 0.3) is 0 Å². The Balaban J connectivity index is 3.32. The van der Waals surface area contributed by atoms with Crippen LogP contribution in [0.4, 0.5) is 4.39 Å². The van der Waals surface area contributed by atoms with Crippen LogP contribution in [0, 0.1) is 5.82 Å². The summed E-state index contributed by atoms with van der Waals surface area (Å²) in [7, 11) is 1.33. The Morgan fingerprint density at radius 1 is 1.57 bits per heavy atom. The van der Waals surface area contributed by atoms with E-state index < -0.39 is 11.6 Å². The first-order chi connectivity index (χ1) is 6.60. The van der Waals surface area contributed by atoms with Gasteiger partial charge in [0.15, 0.2) is 5.78 Å². The van der Waals surface area contributed by atoms with Crippen molar-refractivity contribution in [3.63, 3.8) is 0 Å². The van der Waals surface area contributed by atoms with Gasteiger partial charge in [-0.3, -0.25) is 4.79 Å². The van der Waals surface area contributed by atoms with Crippen molar-refractivity contribution >= 4 is 29.0 Å². The number of alkyl halides is 1. The number of hydrogen-bond donors (Lipinski definition) is 0. The number of hydrogen-bond acceptors (Lipinski definition) is 2. The van der Waals surface area contributed by atoms with Crippen LogP contribution >= 0.6 is 23.2 Å². The molecule has 0 saturated heterocycles. The minimum Gasteiger partial charge on any atom is -0.496 e. The van der Waals surface area contributed by atoms with Crippen molar-refractivity contribution in [2.24, 2.45) is 0 Å². The fourth-order valence-corrected chi connectivity index (χ4v) is 1.38. The molecule has 5 heteroatoms. The average Bonchev–Trinajstić information content (AvgIpc) is 2.15. The summed E-state index contributed by atoms with van der Waals surface area (Å²) in [5.41, 5.74) is -0.160. The van der Waals surface area contributed by atoms with E-state index in [0.717, 1.165) is 6.07 Å². The molecule has 14 heavy (non-hydrogen) atoms. The van der Waals surface area contributed by atoms with Gasteiger partial charge in [-0.25, -0.2) is 4.39 Å². The highest BCUT2D eigenvalue weighted by atomic mass is 35.5. The van der Waals surface area contributed by atoms with Gasteiger partial charge in [0.1, 0.15) is 11.6 Å². The average molecular weight is 237 g/mol. The van der Waals surface area contributed by atoms with Crippen molar-refractivity contribution in [3.8, 4) is 5.75 Å². The predicted molar refractivity (Wildman–Crippen MR) is 53.0 cm³/mol. The highest BCUT2D eigenvalue weighted by molar-refractivity contribution is 6.32. The molecule has 1 aromatic rings. The Hall–Kier alpha value is -0.800. The van der Waals surface area contributed by atoms with Crippen molar-refractivity contribution in [2.75, 3.05) is 13.0 Å². The molecule has 0 aliphatic heterocycles. The predicted octanol–water partition coefficient (Wildman–Crippen LogP) is 2.91. The molecule has 2 nitrogen and oxygen atoms in total. The van der Waals surface area contributed by atoms with Crippen LogP contribution in [-0.4, -0.2) is 18.8 Å². The summed E-state index contributed by atoms with van der Waals surface area (Å²) >= 11 is 10.9. The topological polar surface area (TPSA) is 26.3 Å². The van der Waals surface area contributed by atoms with Crippen molar-refractivity contribution in [1.29, 1.82) is 0 Å². The fourth-order valence-electron chi connectivity index (χ4n) is 1.05. The van der Waals surface area contributed by atoms with E-state index in [2.05, 4.69) is 0 Å². The van der Waals surface area contributed by atoms with Crippen LogP contribution in [-0.2, 0) is 0 Å². The van der Waals surface area contributed by atoms with E-state index in [0.29, 0.717) is 0 Å². The van der Waals surface area contributed by atoms with Crippen molar-refractivity contribution in [1.82, 2.24) is 0 Å². The lowest BCUT2D eigenvalue weighted by Crippen LogP contribution is -2.06. The second-order valence-electron chi connectivity index (χ2n) is 2.52. The summed E-state index contributed by atoms with van der Waals surface area (Å²) < 4.78 is 18.1. The van der Waals surface area contributed by atoms with Gasteiger partial charge in [0.2, 0.25) is 0 Å². The number of methoxy groups -OCH3 is 1. The van der Waals surface area contributed by atoms with E-state index >= 15 is 0 Å². The number of ketones is 1. The molecule has 0 heterocycles. The second kappa shape index (κ2) is 4.62. The van der Waals surface area contributed by atoms with E-state index in [-0.39, 0.29) is 22.2 Å². The minimum atomic E-state index is -0.722. The van der Waals surface area contributed by atoms with E-state index in [1.807, 2.05) is 0 Å². The quantitative estimate of drug-likeness (QED) is 0.596. The van der Waals surface area contributed by atoms with Gasteiger partial charge in [0.05, 0.1) is 18.6 Å². The summed E-state index contributed by atoms with van der Waals surface area (Å²) in [5.74, 6) is -1.45. The fraction of sp³-hybridized carbons (Fsp3) is 0.222. The zero-order chi connectivity index (χ0) is 10.7. The Kier molecular flexibility index (Phi) is 3.72. The van der Waals surface area contributed by atoms with Gasteiger partial charge in [0.25, 0.3) is 0 Å². The normalized spacial score (nSPS) is 10.0. The zero-order valence-corrected chi connectivity index (χ0v) is 8.82. The zero-order valence-electron chi connectivity index (χ0n) is 7.31.